The average molecular weight is 192 g/mol. The van der Waals surface area contributed by atoms with E-state index in [2.05, 4.69) is 6.92 Å². The fourth-order valence-corrected chi connectivity index (χ4v) is 0.529. The second kappa shape index (κ2) is 9.96. The Morgan fingerprint density at radius 1 is 1.15 bits per heavy atom. The van der Waals surface area contributed by atoms with Gasteiger partial charge in [-0.25, -0.2) is 0 Å². The molecule has 0 fully saturated rings. The van der Waals surface area contributed by atoms with E-state index in [1.165, 1.54) is 0 Å². The molecule has 0 bridgehead atoms. The van der Waals surface area contributed by atoms with Gasteiger partial charge in [0.2, 0.25) is 0 Å². The zero-order valence-corrected chi connectivity index (χ0v) is 9.34. The van der Waals surface area contributed by atoms with Gasteiger partial charge in [0.05, 0.1) is 5.60 Å². The first-order valence-electron chi connectivity index (χ1n) is 4.81. The molecule has 0 amide bonds. The molecule has 0 unspecified atom stereocenters. The molecule has 0 aromatic heterocycles. The van der Waals surface area contributed by atoms with Crippen molar-refractivity contribution in [2.45, 2.75) is 45.6 Å². The lowest BCUT2D eigenvalue weighted by Gasteiger charge is -2.20. The standard InChI is InChI=1S/C6H14O2.C4H10O/c1-6(2,8-3)4-5-7;1-2-3-4-5/h7H,4-5H2,1-3H3;5H,2-4H2,1H3. The lowest BCUT2D eigenvalue weighted by molar-refractivity contribution is 0.00293. The van der Waals surface area contributed by atoms with E-state index >= 15 is 0 Å². The molecule has 0 spiro atoms. The molecule has 0 saturated carbocycles. The quantitative estimate of drug-likeness (QED) is 0.695. The Bertz CT molecular complexity index is 90.2. The van der Waals surface area contributed by atoms with Gasteiger partial charge in [-0.1, -0.05) is 13.3 Å². The smallest absolute Gasteiger partial charge is 0.0644 e. The topological polar surface area (TPSA) is 49.7 Å². The first-order valence-corrected chi connectivity index (χ1v) is 4.81. The average Bonchev–Trinajstić information content (AvgIpc) is 2.07. The zero-order chi connectivity index (χ0) is 10.7. The summed E-state index contributed by atoms with van der Waals surface area (Å²) in [5, 5.41) is 16.5. The van der Waals surface area contributed by atoms with Gasteiger partial charge in [-0.3, -0.25) is 0 Å². The van der Waals surface area contributed by atoms with Crippen molar-refractivity contribution < 1.29 is 14.9 Å². The number of aliphatic hydroxyl groups is 2. The summed E-state index contributed by atoms with van der Waals surface area (Å²) in [5.41, 5.74) is -0.158. The molecule has 13 heavy (non-hydrogen) atoms. The number of hydrogen-bond acceptors (Lipinski definition) is 3. The van der Waals surface area contributed by atoms with Gasteiger partial charge in [0.15, 0.2) is 0 Å². The maximum absolute atomic E-state index is 8.45. The summed E-state index contributed by atoms with van der Waals surface area (Å²) in [7, 11) is 1.65. The maximum atomic E-state index is 8.45. The van der Waals surface area contributed by atoms with Crippen molar-refractivity contribution in [2.75, 3.05) is 20.3 Å². The summed E-state index contributed by atoms with van der Waals surface area (Å²) in [5.74, 6) is 0. The van der Waals surface area contributed by atoms with Crippen molar-refractivity contribution in [2.24, 2.45) is 0 Å². The second-order valence-corrected chi connectivity index (χ2v) is 3.51. The van der Waals surface area contributed by atoms with Crippen molar-refractivity contribution in [1.82, 2.24) is 0 Å². The number of ether oxygens (including phenoxy) is 1. The highest BCUT2D eigenvalue weighted by Gasteiger charge is 2.13. The lowest BCUT2D eigenvalue weighted by atomic mass is 10.1. The Balaban J connectivity index is 0. The van der Waals surface area contributed by atoms with Gasteiger partial charge >= 0.3 is 0 Å². The van der Waals surface area contributed by atoms with Crippen LogP contribution in [-0.2, 0) is 4.74 Å². The van der Waals surface area contributed by atoms with Gasteiger partial charge in [0.25, 0.3) is 0 Å². The van der Waals surface area contributed by atoms with Crippen LogP contribution < -0.4 is 0 Å². The van der Waals surface area contributed by atoms with Gasteiger partial charge in [0, 0.05) is 20.3 Å². The molecule has 3 heteroatoms. The van der Waals surface area contributed by atoms with Crippen LogP contribution in [0.4, 0.5) is 0 Å². The fourth-order valence-electron chi connectivity index (χ4n) is 0.529. The molecule has 0 aliphatic heterocycles. The first kappa shape index (κ1) is 15.4. The summed E-state index contributed by atoms with van der Waals surface area (Å²) in [4.78, 5) is 0. The van der Waals surface area contributed by atoms with Crippen molar-refractivity contribution in [3.05, 3.63) is 0 Å². The molecule has 0 aromatic rings. The molecular weight excluding hydrogens is 168 g/mol. The number of unbranched alkanes of at least 4 members (excludes halogenated alkanes) is 1. The van der Waals surface area contributed by atoms with Crippen LogP contribution in [0.25, 0.3) is 0 Å². The minimum atomic E-state index is -0.158. The van der Waals surface area contributed by atoms with E-state index in [0.717, 1.165) is 12.8 Å². The van der Waals surface area contributed by atoms with E-state index in [1.807, 2.05) is 13.8 Å². The molecule has 2 N–H and O–H groups in total. The van der Waals surface area contributed by atoms with Gasteiger partial charge in [0.1, 0.15) is 0 Å². The van der Waals surface area contributed by atoms with E-state index in [1.54, 1.807) is 7.11 Å². The SMILES string of the molecule is CCCCO.COC(C)(C)CCO. The Hall–Kier alpha value is -0.120. The molecule has 0 atom stereocenters. The second-order valence-electron chi connectivity index (χ2n) is 3.51. The maximum Gasteiger partial charge on any atom is 0.0644 e. The van der Waals surface area contributed by atoms with E-state index in [9.17, 15) is 0 Å². The van der Waals surface area contributed by atoms with E-state index in [0.29, 0.717) is 13.0 Å². The van der Waals surface area contributed by atoms with Crippen LogP contribution in [0.5, 0.6) is 0 Å². The highest BCUT2D eigenvalue weighted by atomic mass is 16.5. The van der Waals surface area contributed by atoms with Gasteiger partial charge in [-0.05, 0) is 26.7 Å². The number of aliphatic hydroxyl groups excluding tert-OH is 2. The molecule has 0 aromatic carbocycles. The Morgan fingerprint density at radius 2 is 1.69 bits per heavy atom. The normalized spacial score (nSPS) is 10.6. The number of rotatable bonds is 5. The number of hydrogen-bond donors (Lipinski definition) is 2. The van der Waals surface area contributed by atoms with Crippen molar-refractivity contribution in [1.29, 1.82) is 0 Å². The minimum absolute atomic E-state index is 0.158. The molecule has 0 saturated heterocycles. The van der Waals surface area contributed by atoms with E-state index in [4.69, 9.17) is 14.9 Å². The summed E-state index contributed by atoms with van der Waals surface area (Å²) >= 11 is 0. The monoisotopic (exact) mass is 192 g/mol. The van der Waals surface area contributed by atoms with Crippen LogP contribution in [0.15, 0.2) is 0 Å². The van der Waals surface area contributed by atoms with Crippen molar-refractivity contribution >= 4 is 0 Å². The van der Waals surface area contributed by atoms with Crippen molar-refractivity contribution in [3.8, 4) is 0 Å². The largest absolute Gasteiger partial charge is 0.396 e. The molecule has 0 radical (unpaired) electrons. The summed E-state index contributed by atoms with van der Waals surface area (Å²) in [6, 6.07) is 0. The van der Waals surface area contributed by atoms with Crippen LogP contribution >= 0.6 is 0 Å². The summed E-state index contributed by atoms with van der Waals surface area (Å²) in [6.07, 6.45) is 2.74. The third-order valence-electron chi connectivity index (χ3n) is 1.78. The van der Waals surface area contributed by atoms with Gasteiger partial charge < -0.3 is 14.9 Å². The highest BCUT2D eigenvalue weighted by Crippen LogP contribution is 2.10. The fraction of sp³-hybridized carbons (Fsp3) is 1.00. The Morgan fingerprint density at radius 3 is 1.77 bits per heavy atom. The molecule has 0 rings (SSSR count). The Kier molecular flexibility index (Phi) is 11.8. The summed E-state index contributed by atoms with van der Waals surface area (Å²) < 4.78 is 5.02. The highest BCUT2D eigenvalue weighted by molar-refractivity contribution is 4.65. The van der Waals surface area contributed by atoms with Crippen LogP contribution in [0.1, 0.15) is 40.0 Å². The number of methoxy groups -OCH3 is 1. The Labute approximate surface area is 81.7 Å². The predicted molar refractivity (Wildman–Crippen MR) is 54.8 cm³/mol. The minimum Gasteiger partial charge on any atom is -0.396 e. The lowest BCUT2D eigenvalue weighted by Crippen LogP contribution is -2.23. The third kappa shape index (κ3) is 14.7. The van der Waals surface area contributed by atoms with Crippen LogP contribution in [0.2, 0.25) is 0 Å². The molecule has 0 heterocycles. The van der Waals surface area contributed by atoms with Crippen molar-refractivity contribution in [3.63, 3.8) is 0 Å². The van der Waals surface area contributed by atoms with Crippen LogP contribution in [0, 0.1) is 0 Å². The van der Waals surface area contributed by atoms with Gasteiger partial charge in [-0.2, -0.15) is 0 Å². The van der Waals surface area contributed by atoms with Crippen LogP contribution in [-0.4, -0.2) is 36.1 Å². The first-order chi connectivity index (χ1) is 6.04. The summed E-state index contributed by atoms with van der Waals surface area (Å²) in [6.45, 7) is 6.49. The predicted octanol–water partition coefficient (Wildman–Crippen LogP) is 1.57. The zero-order valence-electron chi connectivity index (χ0n) is 9.34. The molecule has 0 aliphatic carbocycles. The van der Waals surface area contributed by atoms with E-state index in [-0.39, 0.29) is 12.2 Å². The van der Waals surface area contributed by atoms with Crippen LogP contribution in [0.3, 0.4) is 0 Å². The molecule has 0 aliphatic rings. The molecular formula is C10H24O3. The van der Waals surface area contributed by atoms with Gasteiger partial charge in [-0.15, -0.1) is 0 Å². The molecule has 82 valence electrons. The third-order valence-corrected chi connectivity index (χ3v) is 1.78. The molecule has 3 nitrogen and oxygen atoms in total. The van der Waals surface area contributed by atoms with E-state index < -0.39 is 0 Å².